The molecule has 1 amide bonds. The summed E-state index contributed by atoms with van der Waals surface area (Å²) in [7, 11) is 0. The number of piperidine rings is 1. The number of aromatic hydroxyl groups is 1. The van der Waals surface area contributed by atoms with Gasteiger partial charge in [0, 0.05) is 37.5 Å². The molecule has 0 aromatic heterocycles. The third-order valence-corrected chi connectivity index (χ3v) is 8.64. The van der Waals surface area contributed by atoms with E-state index in [1.807, 2.05) is 35.2 Å². The zero-order chi connectivity index (χ0) is 21.9. The third kappa shape index (κ3) is 3.09. The fourth-order valence-electron chi connectivity index (χ4n) is 6.75. The molecule has 2 bridgehead atoms. The molecule has 2 saturated heterocycles. The second-order valence-electron chi connectivity index (χ2n) is 10.5. The summed E-state index contributed by atoms with van der Waals surface area (Å²) in [6.07, 6.45) is 5.01. The van der Waals surface area contributed by atoms with Crippen molar-refractivity contribution < 1.29 is 15.0 Å². The predicted molar refractivity (Wildman–Crippen MR) is 122 cm³/mol. The first-order chi connectivity index (χ1) is 15.5. The number of nitrogens with zero attached hydrogens (tertiary/aromatic N) is 2. The van der Waals surface area contributed by atoms with Gasteiger partial charge in [0.1, 0.15) is 5.75 Å². The van der Waals surface area contributed by atoms with E-state index in [4.69, 9.17) is 0 Å². The van der Waals surface area contributed by atoms with E-state index >= 15 is 0 Å². The number of fused-ring (bicyclic) bond motifs is 1. The standard InChI is InChI=1S/C27H32N2O3/c30-22-9-8-21-14-24-27(32)11-13-29(18-19-4-2-1-3-5-19)25(31)16-26(27,23(21)15-22)10-12-28(24)17-20-6-7-20/h1-5,8-9,15,20,24,30,32H,6-7,10-14,16-18H2. The summed E-state index contributed by atoms with van der Waals surface area (Å²) in [4.78, 5) is 18.1. The number of hydrogen-bond acceptors (Lipinski definition) is 4. The normalized spacial score (nSPS) is 32.2. The smallest absolute Gasteiger partial charge is 0.223 e. The molecule has 2 aromatic rings. The molecule has 2 heterocycles. The Morgan fingerprint density at radius 1 is 1.03 bits per heavy atom. The summed E-state index contributed by atoms with van der Waals surface area (Å²) in [6.45, 7) is 3.10. The average Bonchev–Trinajstić information content (AvgIpc) is 3.61. The Bertz CT molecular complexity index is 1040. The van der Waals surface area contributed by atoms with Gasteiger partial charge in [-0.15, -0.1) is 0 Å². The minimum atomic E-state index is -0.970. The van der Waals surface area contributed by atoms with Crippen LogP contribution in [-0.4, -0.2) is 57.2 Å². The molecule has 1 saturated carbocycles. The van der Waals surface area contributed by atoms with Gasteiger partial charge in [0.25, 0.3) is 0 Å². The van der Waals surface area contributed by atoms with Gasteiger partial charge in [-0.25, -0.2) is 0 Å². The Balaban J connectivity index is 1.41. The Hall–Kier alpha value is -2.37. The summed E-state index contributed by atoms with van der Waals surface area (Å²) in [6, 6.07) is 15.7. The molecule has 32 heavy (non-hydrogen) atoms. The van der Waals surface area contributed by atoms with Crippen LogP contribution in [0.5, 0.6) is 5.75 Å². The maximum atomic E-state index is 13.6. The van der Waals surface area contributed by atoms with E-state index in [1.54, 1.807) is 6.07 Å². The highest BCUT2D eigenvalue weighted by atomic mass is 16.3. The molecule has 5 heteroatoms. The van der Waals surface area contributed by atoms with Crippen LogP contribution in [0.2, 0.25) is 0 Å². The van der Waals surface area contributed by atoms with E-state index in [1.165, 1.54) is 18.4 Å². The number of rotatable bonds is 4. The lowest BCUT2D eigenvalue weighted by Gasteiger charge is -2.61. The van der Waals surface area contributed by atoms with Crippen molar-refractivity contribution in [2.45, 2.75) is 62.1 Å². The lowest BCUT2D eigenvalue weighted by Crippen LogP contribution is -2.71. The summed E-state index contributed by atoms with van der Waals surface area (Å²) >= 11 is 0. The molecule has 2 aromatic carbocycles. The number of phenols is 1. The third-order valence-electron chi connectivity index (χ3n) is 8.64. The highest BCUT2D eigenvalue weighted by molar-refractivity contribution is 5.79. The lowest BCUT2D eigenvalue weighted by molar-refractivity contribution is -0.153. The fraction of sp³-hybridized carbons (Fsp3) is 0.519. The monoisotopic (exact) mass is 432 g/mol. The molecule has 168 valence electrons. The zero-order valence-electron chi connectivity index (χ0n) is 18.5. The molecule has 6 rings (SSSR count). The summed E-state index contributed by atoms with van der Waals surface area (Å²) in [5, 5.41) is 22.8. The lowest BCUT2D eigenvalue weighted by atomic mass is 9.52. The quantitative estimate of drug-likeness (QED) is 0.779. The molecule has 2 aliphatic heterocycles. The zero-order valence-corrected chi connectivity index (χ0v) is 18.5. The van der Waals surface area contributed by atoms with Crippen molar-refractivity contribution in [3.63, 3.8) is 0 Å². The van der Waals surface area contributed by atoms with Crippen LogP contribution in [0.4, 0.5) is 0 Å². The first kappa shape index (κ1) is 20.3. The number of phenolic OH excluding ortho intramolecular Hbond substituents is 1. The predicted octanol–water partition coefficient (Wildman–Crippen LogP) is 3.22. The summed E-state index contributed by atoms with van der Waals surface area (Å²) < 4.78 is 0. The Morgan fingerprint density at radius 3 is 2.62 bits per heavy atom. The van der Waals surface area contributed by atoms with Crippen LogP contribution in [0.15, 0.2) is 48.5 Å². The Kier molecular flexibility index (Phi) is 4.63. The van der Waals surface area contributed by atoms with Gasteiger partial charge in [-0.2, -0.15) is 0 Å². The van der Waals surface area contributed by atoms with Gasteiger partial charge in [0.15, 0.2) is 0 Å². The second kappa shape index (κ2) is 7.32. The molecule has 0 spiro atoms. The number of amides is 1. The number of likely N-dealkylation sites (tertiary alicyclic amines) is 2. The van der Waals surface area contributed by atoms with Crippen LogP contribution in [0.3, 0.4) is 0 Å². The topological polar surface area (TPSA) is 64.0 Å². The number of carbonyl (C=O) groups excluding carboxylic acids is 1. The van der Waals surface area contributed by atoms with Gasteiger partial charge in [0.05, 0.1) is 5.60 Å². The molecule has 0 radical (unpaired) electrons. The van der Waals surface area contributed by atoms with Gasteiger partial charge in [-0.05, 0) is 73.4 Å². The molecule has 5 nitrogen and oxygen atoms in total. The first-order valence-corrected chi connectivity index (χ1v) is 12.1. The van der Waals surface area contributed by atoms with E-state index in [-0.39, 0.29) is 17.7 Å². The van der Waals surface area contributed by atoms with Crippen molar-refractivity contribution >= 4 is 5.91 Å². The van der Waals surface area contributed by atoms with Crippen molar-refractivity contribution in [1.82, 2.24) is 9.80 Å². The van der Waals surface area contributed by atoms with E-state index < -0.39 is 11.0 Å². The van der Waals surface area contributed by atoms with Crippen LogP contribution in [-0.2, 0) is 23.2 Å². The summed E-state index contributed by atoms with van der Waals surface area (Å²) in [5.41, 5.74) is 1.69. The van der Waals surface area contributed by atoms with Gasteiger partial charge < -0.3 is 15.1 Å². The maximum absolute atomic E-state index is 13.6. The van der Waals surface area contributed by atoms with Crippen molar-refractivity contribution in [1.29, 1.82) is 0 Å². The van der Waals surface area contributed by atoms with Crippen LogP contribution >= 0.6 is 0 Å². The van der Waals surface area contributed by atoms with Crippen LogP contribution in [0, 0.1) is 5.92 Å². The summed E-state index contributed by atoms with van der Waals surface area (Å²) in [5.74, 6) is 1.09. The van der Waals surface area contributed by atoms with E-state index in [9.17, 15) is 15.0 Å². The Labute approximate surface area is 189 Å². The highest BCUT2D eigenvalue weighted by Crippen LogP contribution is 2.57. The van der Waals surface area contributed by atoms with Gasteiger partial charge in [0.2, 0.25) is 5.91 Å². The maximum Gasteiger partial charge on any atom is 0.223 e. The van der Waals surface area contributed by atoms with Gasteiger partial charge >= 0.3 is 0 Å². The number of hydrogen-bond donors (Lipinski definition) is 2. The second-order valence-corrected chi connectivity index (χ2v) is 10.5. The van der Waals surface area contributed by atoms with Gasteiger partial charge in [-0.1, -0.05) is 36.4 Å². The Morgan fingerprint density at radius 2 is 1.84 bits per heavy atom. The molecule has 3 unspecified atom stereocenters. The highest BCUT2D eigenvalue weighted by Gasteiger charge is 2.64. The van der Waals surface area contributed by atoms with Crippen molar-refractivity contribution in [3.05, 3.63) is 65.2 Å². The van der Waals surface area contributed by atoms with E-state index in [0.717, 1.165) is 43.0 Å². The van der Waals surface area contributed by atoms with Crippen LogP contribution < -0.4 is 0 Å². The SMILES string of the molecule is O=C1CC23CCN(CC4CC4)C(Cc4ccc(O)cc42)C3(O)CCN1Cc1ccccc1. The molecule has 3 fully saturated rings. The van der Waals surface area contributed by atoms with Gasteiger partial charge in [-0.3, -0.25) is 9.69 Å². The first-order valence-electron chi connectivity index (χ1n) is 12.1. The molecule has 4 aliphatic rings. The largest absolute Gasteiger partial charge is 0.508 e. The van der Waals surface area contributed by atoms with E-state index in [2.05, 4.69) is 17.0 Å². The van der Waals surface area contributed by atoms with Crippen LogP contribution in [0.1, 0.15) is 48.8 Å². The molecule has 3 atom stereocenters. The number of benzene rings is 2. The minimum Gasteiger partial charge on any atom is -0.508 e. The fourth-order valence-corrected chi connectivity index (χ4v) is 6.75. The number of aliphatic hydroxyl groups is 1. The number of carbonyl (C=O) groups is 1. The molecule has 2 aliphatic carbocycles. The van der Waals surface area contributed by atoms with Crippen LogP contribution in [0.25, 0.3) is 0 Å². The molecular formula is C27H32N2O3. The minimum absolute atomic E-state index is 0.0263. The molecular weight excluding hydrogens is 400 g/mol. The van der Waals surface area contributed by atoms with Crippen molar-refractivity contribution in [3.8, 4) is 5.75 Å². The van der Waals surface area contributed by atoms with Crippen molar-refractivity contribution in [2.24, 2.45) is 5.92 Å². The van der Waals surface area contributed by atoms with E-state index in [0.29, 0.717) is 25.9 Å². The average molecular weight is 433 g/mol. The molecule has 2 N–H and O–H groups in total. The van der Waals surface area contributed by atoms with Crippen molar-refractivity contribution in [2.75, 3.05) is 19.6 Å².